The Kier molecular flexibility index (Phi) is 6.92. The summed E-state index contributed by atoms with van der Waals surface area (Å²) >= 11 is 0. The minimum atomic E-state index is -0.0373. The molecule has 0 unspecified atom stereocenters. The van der Waals surface area contributed by atoms with E-state index in [1.54, 1.807) is 0 Å². The molecule has 0 spiro atoms. The molecule has 1 fully saturated rings. The third-order valence-corrected chi connectivity index (χ3v) is 6.32. The fraction of sp³-hybridized carbons (Fsp3) is 0.370. The van der Waals surface area contributed by atoms with Crippen LogP contribution in [0.2, 0.25) is 0 Å². The SMILES string of the molecule is CCc1nc(C)nc(N2CCN(C(=O)Nc3c(C)cccc3C)CC2)c1Cc1ccccc1. The predicted octanol–water partition coefficient (Wildman–Crippen LogP) is 4.91. The summed E-state index contributed by atoms with van der Waals surface area (Å²) in [5, 5.41) is 3.12. The number of anilines is 2. The Morgan fingerprint density at radius 2 is 1.58 bits per heavy atom. The summed E-state index contributed by atoms with van der Waals surface area (Å²) in [6.07, 6.45) is 1.68. The summed E-state index contributed by atoms with van der Waals surface area (Å²) in [6, 6.07) is 16.5. The number of piperazine rings is 1. The van der Waals surface area contributed by atoms with Gasteiger partial charge >= 0.3 is 6.03 Å². The van der Waals surface area contributed by atoms with Crippen LogP contribution in [0.25, 0.3) is 0 Å². The van der Waals surface area contributed by atoms with E-state index in [1.807, 2.05) is 49.9 Å². The van der Waals surface area contributed by atoms with Gasteiger partial charge in [0.1, 0.15) is 11.6 Å². The molecule has 1 saturated heterocycles. The zero-order valence-corrected chi connectivity index (χ0v) is 20.1. The van der Waals surface area contributed by atoms with Crippen LogP contribution in [-0.2, 0) is 12.8 Å². The molecule has 33 heavy (non-hydrogen) atoms. The maximum Gasteiger partial charge on any atom is 0.321 e. The largest absolute Gasteiger partial charge is 0.353 e. The van der Waals surface area contributed by atoms with Crippen LogP contribution in [0.4, 0.5) is 16.3 Å². The van der Waals surface area contributed by atoms with E-state index in [0.29, 0.717) is 13.1 Å². The Morgan fingerprint density at radius 3 is 2.21 bits per heavy atom. The number of nitrogens with one attached hydrogen (secondary N) is 1. The van der Waals surface area contributed by atoms with Gasteiger partial charge in [0.15, 0.2) is 0 Å². The van der Waals surface area contributed by atoms with E-state index in [0.717, 1.165) is 60.1 Å². The number of hydrogen-bond donors (Lipinski definition) is 1. The highest BCUT2D eigenvalue weighted by atomic mass is 16.2. The fourth-order valence-electron chi connectivity index (χ4n) is 4.49. The first-order valence-electron chi connectivity index (χ1n) is 11.7. The molecule has 6 heteroatoms. The van der Waals surface area contributed by atoms with Gasteiger partial charge in [-0.2, -0.15) is 0 Å². The van der Waals surface area contributed by atoms with Gasteiger partial charge in [-0.25, -0.2) is 14.8 Å². The zero-order valence-electron chi connectivity index (χ0n) is 20.1. The Balaban J connectivity index is 1.50. The maximum atomic E-state index is 12.9. The van der Waals surface area contributed by atoms with Crippen LogP contribution in [0.1, 0.15) is 40.7 Å². The summed E-state index contributed by atoms with van der Waals surface area (Å²) in [4.78, 5) is 26.8. The van der Waals surface area contributed by atoms with Crippen molar-refractivity contribution in [2.24, 2.45) is 0 Å². The van der Waals surface area contributed by atoms with Gasteiger partial charge in [0.25, 0.3) is 0 Å². The number of amides is 2. The number of para-hydroxylation sites is 1. The molecule has 3 aromatic rings. The van der Waals surface area contributed by atoms with Crippen molar-refractivity contribution in [3.8, 4) is 0 Å². The lowest BCUT2D eigenvalue weighted by molar-refractivity contribution is 0.208. The number of carbonyl (C=O) groups is 1. The van der Waals surface area contributed by atoms with E-state index in [2.05, 4.69) is 41.4 Å². The first-order chi connectivity index (χ1) is 16.0. The van der Waals surface area contributed by atoms with Gasteiger partial charge in [-0.05, 0) is 43.9 Å². The van der Waals surface area contributed by atoms with E-state index < -0.39 is 0 Å². The maximum absolute atomic E-state index is 12.9. The Morgan fingerprint density at radius 1 is 0.909 bits per heavy atom. The lowest BCUT2D eigenvalue weighted by Crippen LogP contribution is -2.50. The third kappa shape index (κ3) is 5.16. The van der Waals surface area contributed by atoms with Crippen LogP contribution in [0, 0.1) is 20.8 Å². The minimum absolute atomic E-state index is 0.0373. The number of aromatic nitrogens is 2. The van der Waals surface area contributed by atoms with Crippen LogP contribution in [0.3, 0.4) is 0 Å². The van der Waals surface area contributed by atoms with Crippen LogP contribution in [0.5, 0.6) is 0 Å². The smallest absolute Gasteiger partial charge is 0.321 e. The predicted molar refractivity (Wildman–Crippen MR) is 134 cm³/mol. The molecule has 0 atom stereocenters. The number of aryl methyl sites for hydroxylation is 4. The third-order valence-electron chi connectivity index (χ3n) is 6.32. The van der Waals surface area contributed by atoms with Crippen molar-refractivity contribution >= 4 is 17.5 Å². The first kappa shape index (κ1) is 22.8. The van der Waals surface area contributed by atoms with Gasteiger partial charge in [0.05, 0.1) is 0 Å². The molecule has 0 aliphatic carbocycles. The van der Waals surface area contributed by atoms with Crippen molar-refractivity contribution in [2.45, 2.75) is 40.5 Å². The second-order valence-corrected chi connectivity index (χ2v) is 8.71. The van der Waals surface area contributed by atoms with E-state index in [1.165, 1.54) is 11.1 Å². The van der Waals surface area contributed by atoms with Crippen LogP contribution in [-0.4, -0.2) is 47.1 Å². The van der Waals surface area contributed by atoms with Crippen LogP contribution >= 0.6 is 0 Å². The second kappa shape index (κ2) is 10.0. The fourth-order valence-corrected chi connectivity index (χ4v) is 4.49. The number of nitrogens with zero attached hydrogens (tertiary/aromatic N) is 4. The van der Waals surface area contributed by atoms with Gasteiger partial charge in [0, 0.05) is 49.5 Å². The molecule has 0 radical (unpaired) electrons. The van der Waals surface area contributed by atoms with E-state index in [4.69, 9.17) is 9.97 Å². The molecular formula is C27H33N5O. The second-order valence-electron chi connectivity index (χ2n) is 8.71. The minimum Gasteiger partial charge on any atom is -0.353 e. The van der Waals surface area contributed by atoms with Gasteiger partial charge < -0.3 is 15.1 Å². The van der Waals surface area contributed by atoms with Gasteiger partial charge in [-0.15, -0.1) is 0 Å². The van der Waals surface area contributed by atoms with Crippen molar-refractivity contribution < 1.29 is 4.79 Å². The molecule has 6 nitrogen and oxygen atoms in total. The van der Waals surface area contributed by atoms with E-state index >= 15 is 0 Å². The highest BCUT2D eigenvalue weighted by Gasteiger charge is 2.25. The highest BCUT2D eigenvalue weighted by Crippen LogP contribution is 2.26. The molecule has 2 heterocycles. The Bertz CT molecular complexity index is 1100. The summed E-state index contributed by atoms with van der Waals surface area (Å²) in [6.45, 7) is 11.0. The molecule has 2 aromatic carbocycles. The quantitative estimate of drug-likeness (QED) is 0.609. The highest BCUT2D eigenvalue weighted by molar-refractivity contribution is 5.91. The normalized spacial score (nSPS) is 13.8. The monoisotopic (exact) mass is 443 g/mol. The number of urea groups is 1. The van der Waals surface area contributed by atoms with Crippen molar-refractivity contribution in [1.29, 1.82) is 0 Å². The topological polar surface area (TPSA) is 61.4 Å². The standard InChI is InChI=1S/C27H33N5O/c1-5-24-23(18-22-12-7-6-8-13-22)26(29-21(4)28-24)31-14-16-32(17-15-31)27(33)30-25-19(2)10-9-11-20(25)3/h6-13H,5,14-18H2,1-4H3,(H,30,33). The Hall–Kier alpha value is -3.41. The molecular weight excluding hydrogens is 410 g/mol. The first-order valence-corrected chi connectivity index (χ1v) is 11.7. The lowest BCUT2D eigenvalue weighted by atomic mass is 10.0. The summed E-state index contributed by atoms with van der Waals surface area (Å²) in [5.41, 5.74) is 6.63. The molecule has 0 saturated carbocycles. The number of hydrogen-bond acceptors (Lipinski definition) is 4. The van der Waals surface area contributed by atoms with Crippen molar-refractivity contribution in [3.63, 3.8) is 0 Å². The van der Waals surface area contributed by atoms with Gasteiger partial charge in [-0.1, -0.05) is 55.5 Å². The lowest BCUT2D eigenvalue weighted by Gasteiger charge is -2.36. The Labute approximate surface area is 196 Å². The van der Waals surface area contributed by atoms with Gasteiger partial charge in [0.2, 0.25) is 0 Å². The summed E-state index contributed by atoms with van der Waals surface area (Å²) < 4.78 is 0. The van der Waals surface area contributed by atoms with Crippen molar-refractivity contribution in [1.82, 2.24) is 14.9 Å². The van der Waals surface area contributed by atoms with E-state index in [-0.39, 0.29) is 6.03 Å². The summed E-state index contributed by atoms with van der Waals surface area (Å²) in [7, 11) is 0. The number of carbonyl (C=O) groups excluding carboxylic acids is 1. The van der Waals surface area contributed by atoms with Crippen molar-refractivity contribution in [3.05, 3.63) is 82.3 Å². The number of rotatable bonds is 5. The zero-order chi connectivity index (χ0) is 23.4. The molecule has 1 aliphatic heterocycles. The molecule has 172 valence electrons. The molecule has 0 bridgehead atoms. The van der Waals surface area contributed by atoms with Crippen LogP contribution < -0.4 is 10.2 Å². The van der Waals surface area contributed by atoms with Crippen molar-refractivity contribution in [2.75, 3.05) is 36.4 Å². The van der Waals surface area contributed by atoms with E-state index in [9.17, 15) is 4.79 Å². The average Bonchev–Trinajstić information content (AvgIpc) is 2.83. The van der Waals surface area contributed by atoms with Gasteiger partial charge in [-0.3, -0.25) is 0 Å². The number of benzene rings is 2. The molecule has 1 aliphatic rings. The average molecular weight is 444 g/mol. The molecule has 1 N–H and O–H groups in total. The molecule has 1 aromatic heterocycles. The molecule has 2 amide bonds. The summed E-state index contributed by atoms with van der Waals surface area (Å²) in [5.74, 6) is 1.81. The van der Waals surface area contributed by atoms with Crippen LogP contribution in [0.15, 0.2) is 48.5 Å². The molecule has 4 rings (SSSR count).